The molecule has 2 aliphatic rings. The fraction of sp³-hybridized carbons (Fsp3) is 0.696. The molecule has 2 fully saturated rings. The molecule has 1 aromatic heterocycles. The third-order valence-electron chi connectivity index (χ3n) is 6.16. The minimum atomic E-state index is -0.226. The predicted octanol–water partition coefficient (Wildman–Crippen LogP) is 2.98. The number of amides is 3. The number of aromatic nitrogens is 1. The molecule has 1 saturated heterocycles. The van der Waals surface area contributed by atoms with Gasteiger partial charge in [0.1, 0.15) is 0 Å². The molecule has 0 atom stereocenters. The van der Waals surface area contributed by atoms with E-state index in [0.29, 0.717) is 11.8 Å². The molecule has 30 heavy (non-hydrogen) atoms. The van der Waals surface area contributed by atoms with Gasteiger partial charge in [-0.1, -0.05) is 0 Å². The molecule has 166 valence electrons. The lowest BCUT2D eigenvalue weighted by Gasteiger charge is -2.39. The van der Waals surface area contributed by atoms with Crippen LogP contribution in [0.1, 0.15) is 46.5 Å². The van der Waals surface area contributed by atoms with Crippen molar-refractivity contribution >= 4 is 17.6 Å². The normalized spacial score (nSPS) is 22.5. The van der Waals surface area contributed by atoms with Crippen LogP contribution in [0.3, 0.4) is 0 Å². The van der Waals surface area contributed by atoms with Gasteiger partial charge in [0.25, 0.3) is 0 Å². The molecule has 0 radical (unpaired) electrons. The van der Waals surface area contributed by atoms with Gasteiger partial charge in [0, 0.05) is 57.4 Å². The lowest BCUT2D eigenvalue weighted by atomic mass is 9.81. The Balaban J connectivity index is 1.41. The first kappa shape index (κ1) is 22.4. The number of anilines is 1. The maximum Gasteiger partial charge on any atom is 0.317 e. The first-order valence-electron chi connectivity index (χ1n) is 11.2. The molecular weight excluding hydrogens is 378 g/mol. The topological polar surface area (TPSA) is 68.8 Å². The van der Waals surface area contributed by atoms with Gasteiger partial charge >= 0.3 is 6.03 Å². The highest BCUT2D eigenvalue weighted by molar-refractivity contribution is 5.79. The third-order valence-corrected chi connectivity index (χ3v) is 6.16. The van der Waals surface area contributed by atoms with Gasteiger partial charge in [0.2, 0.25) is 5.91 Å². The predicted molar refractivity (Wildman–Crippen MR) is 119 cm³/mol. The number of hydrogen-bond donors (Lipinski definition) is 1. The van der Waals surface area contributed by atoms with E-state index >= 15 is 0 Å². The zero-order chi connectivity index (χ0) is 21.7. The lowest BCUT2D eigenvalue weighted by Crippen LogP contribution is -2.51. The summed E-state index contributed by atoms with van der Waals surface area (Å²) in [5, 5.41) is 3.01. The van der Waals surface area contributed by atoms with Crippen LogP contribution in [0.15, 0.2) is 24.5 Å². The number of hydrogen-bond acceptors (Lipinski definition) is 4. The van der Waals surface area contributed by atoms with Crippen molar-refractivity contribution in [3.8, 4) is 0 Å². The number of nitrogens with zero attached hydrogens (tertiary/aromatic N) is 4. The van der Waals surface area contributed by atoms with Crippen LogP contribution in [-0.4, -0.2) is 72.0 Å². The molecule has 7 heteroatoms. The van der Waals surface area contributed by atoms with E-state index in [1.807, 2.05) is 45.0 Å². The van der Waals surface area contributed by atoms with Gasteiger partial charge in [-0.25, -0.2) is 4.79 Å². The van der Waals surface area contributed by atoms with E-state index in [9.17, 15) is 9.59 Å². The molecule has 2 heterocycles. The molecule has 1 saturated carbocycles. The smallest absolute Gasteiger partial charge is 0.317 e. The fourth-order valence-electron chi connectivity index (χ4n) is 4.46. The second-order valence-corrected chi connectivity index (χ2v) is 9.80. The van der Waals surface area contributed by atoms with Gasteiger partial charge in [0.05, 0.1) is 11.9 Å². The molecule has 7 nitrogen and oxygen atoms in total. The minimum Gasteiger partial charge on any atom is -0.367 e. The summed E-state index contributed by atoms with van der Waals surface area (Å²) in [5.41, 5.74) is 0.904. The van der Waals surface area contributed by atoms with Crippen molar-refractivity contribution in [3.05, 3.63) is 24.5 Å². The van der Waals surface area contributed by atoms with E-state index < -0.39 is 0 Å². The molecular formula is C23H37N5O2. The number of carbonyl (C=O) groups excluding carboxylic acids is 2. The molecule has 1 aliphatic heterocycles. The Kier molecular flexibility index (Phi) is 7.21. The van der Waals surface area contributed by atoms with Crippen molar-refractivity contribution in [2.75, 3.05) is 44.7 Å². The van der Waals surface area contributed by atoms with Crippen molar-refractivity contribution in [2.24, 2.45) is 11.8 Å². The lowest BCUT2D eigenvalue weighted by molar-refractivity contribution is -0.137. The number of pyridine rings is 1. The standard InChI is InChI=1S/C23H37N5O2/c1-23(2,3)25-22(30)26(4)17-18-7-9-19(10-8-18)21(29)28-14-12-27(13-15-28)20-6-5-11-24-16-20/h5-6,11,16,18-19H,7-10,12-15,17H2,1-4H3,(H,25,30). The number of carbonyl (C=O) groups is 2. The second kappa shape index (κ2) is 9.67. The molecule has 1 N–H and O–H groups in total. The zero-order valence-electron chi connectivity index (χ0n) is 18.9. The second-order valence-electron chi connectivity index (χ2n) is 9.80. The van der Waals surface area contributed by atoms with E-state index in [1.165, 1.54) is 0 Å². The Bertz CT molecular complexity index is 702. The molecule has 3 rings (SSSR count). The number of nitrogens with one attached hydrogen (secondary N) is 1. The molecule has 1 aliphatic carbocycles. The molecule has 0 spiro atoms. The van der Waals surface area contributed by atoms with Crippen molar-refractivity contribution < 1.29 is 9.59 Å². The molecule has 0 aromatic carbocycles. The summed E-state index contributed by atoms with van der Waals surface area (Å²) in [7, 11) is 1.86. The highest BCUT2D eigenvalue weighted by Gasteiger charge is 2.32. The largest absolute Gasteiger partial charge is 0.367 e. The summed E-state index contributed by atoms with van der Waals surface area (Å²) in [6.45, 7) is 10.0. The highest BCUT2D eigenvalue weighted by atomic mass is 16.2. The highest BCUT2D eigenvalue weighted by Crippen LogP contribution is 2.31. The Labute approximate surface area is 180 Å². The van der Waals surface area contributed by atoms with Crippen LogP contribution in [0.5, 0.6) is 0 Å². The first-order chi connectivity index (χ1) is 14.2. The van der Waals surface area contributed by atoms with E-state index in [1.54, 1.807) is 11.1 Å². The van der Waals surface area contributed by atoms with E-state index in [4.69, 9.17) is 0 Å². The van der Waals surface area contributed by atoms with Gasteiger partial charge < -0.3 is 20.0 Å². The number of urea groups is 1. The average Bonchev–Trinajstić information content (AvgIpc) is 2.73. The summed E-state index contributed by atoms with van der Waals surface area (Å²) in [5.74, 6) is 0.935. The summed E-state index contributed by atoms with van der Waals surface area (Å²) in [4.78, 5) is 35.6. The maximum atomic E-state index is 13.0. The van der Waals surface area contributed by atoms with Gasteiger partial charge in [-0.2, -0.15) is 0 Å². The van der Waals surface area contributed by atoms with Gasteiger partial charge in [0.15, 0.2) is 0 Å². The number of rotatable bonds is 4. The van der Waals surface area contributed by atoms with Gasteiger partial charge in [-0.05, 0) is 64.5 Å². The van der Waals surface area contributed by atoms with Crippen LogP contribution in [0.4, 0.5) is 10.5 Å². The van der Waals surface area contributed by atoms with Crippen LogP contribution in [0, 0.1) is 11.8 Å². The van der Waals surface area contributed by atoms with Crippen molar-refractivity contribution in [1.82, 2.24) is 20.1 Å². The van der Waals surface area contributed by atoms with Crippen molar-refractivity contribution in [2.45, 2.75) is 52.0 Å². The number of piperazine rings is 1. The summed E-state index contributed by atoms with van der Waals surface area (Å²) >= 11 is 0. The quantitative estimate of drug-likeness (QED) is 0.821. The maximum absolute atomic E-state index is 13.0. The molecule has 3 amide bonds. The first-order valence-corrected chi connectivity index (χ1v) is 11.2. The average molecular weight is 416 g/mol. The molecule has 0 unspecified atom stereocenters. The van der Waals surface area contributed by atoms with E-state index in [-0.39, 0.29) is 17.5 Å². The molecule has 0 bridgehead atoms. The van der Waals surface area contributed by atoms with Gasteiger partial charge in [-0.15, -0.1) is 0 Å². The van der Waals surface area contributed by atoms with Crippen LogP contribution in [-0.2, 0) is 4.79 Å². The van der Waals surface area contributed by atoms with E-state index in [2.05, 4.69) is 21.3 Å². The SMILES string of the molecule is CN(CC1CCC(C(=O)N2CCN(c3cccnc3)CC2)CC1)C(=O)NC(C)(C)C. The Morgan fingerprint density at radius 1 is 1.13 bits per heavy atom. The summed E-state index contributed by atoms with van der Waals surface area (Å²) in [6, 6.07) is 4.01. The molecule has 1 aromatic rings. The van der Waals surface area contributed by atoms with E-state index in [0.717, 1.165) is 64.1 Å². The Morgan fingerprint density at radius 3 is 2.37 bits per heavy atom. The van der Waals surface area contributed by atoms with Crippen LogP contribution >= 0.6 is 0 Å². The van der Waals surface area contributed by atoms with Crippen molar-refractivity contribution in [3.63, 3.8) is 0 Å². The third kappa shape index (κ3) is 6.09. The minimum absolute atomic E-state index is 0.0211. The fourth-order valence-corrected chi connectivity index (χ4v) is 4.46. The van der Waals surface area contributed by atoms with Crippen molar-refractivity contribution in [1.29, 1.82) is 0 Å². The Morgan fingerprint density at radius 2 is 1.80 bits per heavy atom. The van der Waals surface area contributed by atoms with Gasteiger partial charge in [-0.3, -0.25) is 9.78 Å². The summed E-state index contributed by atoms with van der Waals surface area (Å²) in [6.07, 6.45) is 7.56. The van der Waals surface area contributed by atoms with Crippen LogP contribution in [0.2, 0.25) is 0 Å². The summed E-state index contributed by atoms with van der Waals surface area (Å²) < 4.78 is 0. The monoisotopic (exact) mass is 415 g/mol. The van der Waals surface area contributed by atoms with Crippen LogP contribution in [0.25, 0.3) is 0 Å². The van der Waals surface area contributed by atoms with Crippen LogP contribution < -0.4 is 10.2 Å². The zero-order valence-corrected chi connectivity index (χ0v) is 18.9. The Hall–Kier alpha value is -2.31.